The number of amides is 1. The predicted molar refractivity (Wildman–Crippen MR) is 101 cm³/mol. The van der Waals surface area contributed by atoms with Gasteiger partial charge in [-0.3, -0.25) is 4.79 Å². The first-order valence-electron chi connectivity index (χ1n) is 9.09. The zero-order valence-electron chi connectivity index (χ0n) is 16.1. The Morgan fingerprint density at radius 3 is 2.70 bits per heavy atom. The summed E-state index contributed by atoms with van der Waals surface area (Å²) in [6.45, 7) is 7.81. The molecule has 0 saturated heterocycles. The molecule has 27 heavy (non-hydrogen) atoms. The molecule has 0 atom stereocenters. The van der Waals surface area contributed by atoms with Gasteiger partial charge in [-0.25, -0.2) is 4.98 Å². The molecule has 0 aliphatic heterocycles. The topological polar surface area (TPSA) is 94.1 Å². The average Bonchev–Trinajstić information content (AvgIpc) is 3.22. The lowest BCUT2D eigenvalue weighted by Gasteiger charge is -2.06. The monoisotopic (exact) mass is 368 g/mol. The standard InChI is InChI=1S/C20H24N4O3/c1-12(2)19-23-18(27-24-19)10-6-9-17(25)22-16-8-5-7-15(11-16)20-21-13(3)14(4)26-20/h5,7-8,11-12H,6,9-10H2,1-4H3,(H,22,25). The van der Waals surface area contributed by atoms with E-state index in [-0.39, 0.29) is 11.8 Å². The Morgan fingerprint density at radius 1 is 1.22 bits per heavy atom. The van der Waals surface area contributed by atoms with Gasteiger partial charge in [-0.15, -0.1) is 0 Å². The van der Waals surface area contributed by atoms with E-state index in [1.54, 1.807) is 0 Å². The Morgan fingerprint density at radius 2 is 2.04 bits per heavy atom. The maximum Gasteiger partial charge on any atom is 0.226 e. The maximum atomic E-state index is 12.2. The number of aromatic nitrogens is 3. The summed E-state index contributed by atoms with van der Waals surface area (Å²) in [4.78, 5) is 20.9. The van der Waals surface area contributed by atoms with Crippen molar-refractivity contribution < 1.29 is 13.7 Å². The van der Waals surface area contributed by atoms with Crippen molar-refractivity contribution in [3.63, 3.8) is 0 Å². The number of hydrogen-bond acceptors (Lipinski definition) is 6. The normalized spacial score (nSPS) is 11.1. The van der Waals surface area contributed by atoms with Crippen molar-refractivity contribution in [2.45, 2.75) is 52.9 Å². The Kier molecular flexibility index (Phi) is 5.69. The van der Waals surface area contributed by atoms with E-state index in [2.05, 4.69) is 20.4 Å². The van der Waals surface area contributed by atoms with Crippen LogP contribution in [0.15, 0.2) is 33.2 Å². The van der Waals surface area contributed by atoms with Gasteiger partial charge in [-0.05, 0) is 38.5 Å². The predicted octanol–water partition coefficient (Wildman–Crippen LogP) is 4.43. The van der Waals surface area contributed by atoms with Crippen LogP contribution in [-0.4, -0.2) is 21.0 Å². The van der Waals surface area contributed by atoms with E-state index in [1.165, 1.54) is 0 Å². The molecule has 7 nitrogen and oxygen atoms in total. The van der Waals surface area contributed by atoms with Crippen LogP contribution in [-0.2, 0) is 11.2 Å². The van der Waals surface area contributed by atoms with Crippen LogP contribution in [0.25, 0.3) is 11.5 Å². The maximum absolute atomic E-state index is 12.2. The van der Waals surface area contributed by atoms with Gasteiger partial charge in [0.05, 0.1) is 5.69 Å². The summed E-state index contributed by atoms with van der Waals surface area (Å²) in [5.41, 5.74) is 2.41. The molecule has 0 radical (unpaired) electrons. The van der Waals surface area contributed by atoms with Crippen molar-refractivity contribution in [1.82, 2.24) is 15.1 Å². The van der Waals surface area contributed by atoms with Gasteiger partial charge in [0.15, 0.2) is 5.82 Å². The van der Waals surface area contributed by atoms with Crippen LogP contribution in [0.2, 0.25) is 0 Å². The molecule has 0 spiro atoms. The summed E-state index contributed by atoms with van der Waals surface area (Å²) in [6.07, 6.45) is 1.60. The average molecular weight is 368 g/mol. The molecule has 0 bridgehead atoms. The Labute approximate surface area is 158 Å². The second kappa shape index (κ2) is 8.16. The highest BCUT2D eigenvalue weighted by Crippen LogP contribution is 2.24. The number of carbonyl (C=O) groups is 1. The van der Waals surface area contributed by atoms with Crippen molar-refractivity contribution in [2.24, 2.45) is 0 Å². The third-order valence-electron chi connectivity index (χ3n) is 4.22. The number of nitrogens with zero attached hydrogens (tertiary/aromatic N) is 3. The number of nitrogens with one attached hydrogen (secondary N) is 1. The fraction of sp³-hybridized carbons (Fsp3) is 0.400. The first-order chi connectivity index (χ1) is 12.9. The lowest BCUT2D eigenvalue weighted by molar-refractivity contribution is -0.116. The fourth-order valence-corrected chi connectivity index (χ4v) is 2.55. The van der Waals surface area contributed by atoms with E-state index in [1.807, 2.05) is 52.0 Å². The van der Waals surface area contributed by atoms with Gasteiger partial charge >= 0.3 is 0 Å². The minimum atomic E-state index is -0.0597. The number of anilines is 1. The molecule has 1 amide bonds. The Bertz CT molecular complexity index is 907. The lowest BCUT2D eigenvalue weighted by Crippen LogP contribution is -2.11. The first kappa shape index (κ1) is 18.8. The molecule has 3 aromatic rings. The quantitative estimate of drug-likeness (QED) is 0.663. The third kappa shape index (κ3) is 4.81. The van der Waals surface area contributed by atoms with Crippen LogP contribution in [0.3, 0.4) is 0 Å². The molecule has 0 unspecified atom stereocenters. The van der Waals surface area contributed by atoms with Crippen LogP contribution in [0, 0.1) is 13.8 Å². The summed E-state index contributed by atoms with van der Waals surface area (Å²) in [5, 5.41) is 6.83. The highest BCUT2D eigenvalue weighted by molar-refractivity contribution is 5.91. The van der Waals surface area contributed by atoms with E-state index in [9.17, 15) is 4.79 Å². The highest BCUT2D eigenvalue weighted by Gasteiger charge is 2.12. The lowest BCUT2D eigenvalue weighted by atomic mass is 10.2. The molecule has 7 heteroatoms. The minimum absolute atomic E-state index is 0.0597. The molecule has 0 fully saturated rings. The fourth-order valence-electron chi connectivity index (χ4n) is 2.55. The Hall–Kier alpha value is -2.96. The van der Waals surface area contributed by atoms with Crippen LogP contribution in [0.5, 0.6) is 0 Å². The largest absolute Gasteiger partial charge is 0.441 e. The summed E-state index contributed by atoms with van der Waals surface area (Å²) in [5.74, 6) is 2.79. The van der Waals surface area contributed by atoms with Gasteiger partial charge in [0, 0.05) is 30.0 Å². The second-order valence-corrected chi connectivity index (χ2v) is 6.84. The number of carbonyl (C=O) groups excluding carboxylic acids is 1. The van der Waals surface area contributed by atoms with Crippen molar-refractivity contribution in [1.29, 1.82) is 0 Å². The molecule has 142 valence electrons. The zero-order valence-corrected chi connectivity index (χ0v) is 16.1. The molecule has 3 rings (SSSR count). The van der Waals surface area contributed by atoms with E-state index in [4.69, 9.17) is 8.94 Å². The molecule has 1 aromatic carbocycles. The number of aryl methyl sites for hydroxylation is 3. The summed E-state index contributed by atoms with van der Waals surface area (Å²) in [6, 6.07) is 7.47. The van der Waals surface area contributed by atoms with Gasteiger partial charge in [-0.2, -0.15) is 4.98 Å². The number of oxazole rings is 1. The van der Waals surface area contributed by atoms with Gasteiger partial charge in [0.2, 0.25) is 17.7 Å². The van der Waals surface area contributed by atoms with Crippen LogP contribution in [0.1, 0.15) is 55.8 Å². The molecule has 2 heterocycles. The summed E-state index contributed by atoms with van der Waals surface area (Å²) in [7, 11) is 0. The molecule has 0 aliphatic carbocycles. The molecule has 0 saturated carbocycles. The molecular weight excluding hydrogens is 344 g/mol. The van der Waals surface area contributed by atoms with E-state index in [0.29, 0.717) is 42.6 Å². The number of hydrogen-bond donors (Lipinski definition) is 1. The van der Waals surface area contributed by atoms with Gasteiger partial charge < -0.3 is 14.3 Å². The van der Waals surface area contributed by atoms with Crippen molar-refractivity contribution >= 4 is 11.6 Å². The smallest absolute Gasteiger partial charge is 0.226 e. The molecule has 0 aliphatic rings. The molecule has 1 N–H and O–H groups in total. The van der Waals surface area contributed by atoms with Crippen LogP contribution < -0.4 is 5.32 Å². The summed E-state index contributed by atoms with van der Waals surface area (Å²) < 4.78 is 10.8. The third-order valence-corrected chi connectivity index (χ3v) is 4.22. The van der Waals surface area contributed by atoms with Gasteiger partial charge in [0.25, 0.3) is 0 Å². The number of benzene rings is 1. The van der Waals surface area contributed by atoms with E-state index in [0.717, 1.165) is 17.0 Å². The summed E-state index contributed by atoms with van der Waals surface area (Å²) >= 11 is 0. The Balaban J connectivity index is 1.54. The van der Waals surface area contributed by atoms with Crippen molar-refractivity contribution in [3.05, 3.63) is 47.4 Å². The highest BCUT2D eigenvalue weighted by atomic mass is 16.5. The molecular formula is C20H24N4O3. The second-order valence-electron chi connectivity index (χ2n) is 6.84. The zero-order chi connectivity index (χ0) is 19.4. The SMILES string of the molecule is Cc1nc(-c2cccc(NC(=O)CCCc3nc(C(C)C)no3)c2)oc1C. The minimum Gasteiger partial charge on any atom is -0.441 e. The molecule has 2 aromatic heterocycles. The van der Waals surface area contributed by atoms with Gasteiger partial charge in [0.1, 0.15) is 5.76 Å². The van der Waals surface area contributed by atoms with Crippen molar-refractivity contribution in [2.75, 3.05) is 5.32 Å². The van der Waals surface area contributed by atoms with Crippen LogP contribution in [0.4, 0.5) is 5.69 Å². The van der Waals surface area contributed by atoms with E-state index < -0.39 is 0 Å². The van der Waals surface area contributed by atoms with Crippen molar-refractivity contribution in [3.8, 4) is 11.5 Å². The first-order valence-corrected chi connectivity index (χ1v) is 9.09. The van der Waals surface area contributed by atoms with Crippen LogP contribution >= 0.6 is 0 Å². The van der Waals surface area contributed by atoms with Gasteiger partial charge in [-0.1, -0.05) is 25.1 Å². The number of rotatable bonds is 7. The van der Waals surface area contributed by atoms with E-state index >= 15 is 0 Å².